The highest BCUT2D eigenvalue weighted by Crippen LogP contribution is 2.10. The van der Waals surface area contributed by atoms with E-state index in [-0.39, 0.29) is 11.9 Å². The van der Waals surface area contributed by atoms with E-state index in [4.69, 9.17) is 0 Å². The lowest BCUT2D eigenvalue weighted by atomic mass is 10.2. The van der Waals surface area contributed by atoms with Crippen molar-refractivity contribution >= 4 is 11.9 Å². The maximum atomic E-state index is 12.0. The smallest absolute Gasteiger partial charge is 0.234 e. The highest BCUT2D eigenvalue weighted by atomic mass is 16.2. The maximum Gasteiger partial charge on any atom is 0.234 e. The van der Waals surface area contributed by atoms with Crippen molar-refractivity contribution in [1.82, 2.24) is 30.2 Å². The van der Waals surface area contributed by atoms with E-state index in [2.05, 4.69) is 42.7 Å². The molecule has 1 aliphatic heterocycles. The van der Waals surface area contributed by atoms with Crippen molar-refractivity contribution in [2.24, 2.45) is 4.99 Å². The summed E-state index contributed by atoms with van der Waals surface area (Å²) in [5.41, 5.74) is 2.21. The summed E-state index contributed by atoms with van der Waals surface area (Å²) in [4.78, 5) is 20.8. The van der Waals surface area contributed by atoms with Gasteiger partial charge in [0, 0.05) is 58.2 Å². The maximum absolute atomic E-state index is 12.0. The van der Waals surface area contributed by atoms with E-state index < -0.39 is 0 Å². The first-order valence-electron chi connectivity index (χ1n) is 10.1. The van der Waals surface area contributed by atoms with Crippen LogP contribution in [0.1, 0.15) is 19.4 Å². The van der Waals surface area contributed by atoms with Crippen molar-refractivity contribution in [3.8, 4) is 5.69 Å². The topological polar surface area (TPSA) is 77.8 Å². The van der Waals surface area contributed by atoms with Gasteiger partial charge in [-0.3, -0.25) is 14.7 Å². The van der Waals surface area contributed by atoms with E-state index >= 15 is 0 Å². The predicted octanol–water partition coefficient (Wildman–Crippen LogP) is 1.09. The number of nitrogens with one attached hydrogen (secondary N) is 2. The highest BCUT2D eigenvalue weighted by Gasteiger charge is 2.21. The second kappa shape index (κ2) is 10.1. The predicted molar refractivity (Wildman–Crippen MR) is 115 cm³/mol. The Labute approximate surface area is 172 Å². The Morgan fingerprint density at radius 3 is 2.66 bits per heavy atom. The van der Waals surface area contributed by atoms with Crippen LogP contribution in [-0.2, 0) is 11.3 Å². The number of rotatable bonds is 6. The molecule has 29 heavy (non-hydrogen) atoms. The third-order valence-corrected chi connectivity index (χ3v) is 4.83. The molecule has 1 saturated heterocycles. The molecule has 3 rings (SSSR count). The van der Waals surface area contributed by atoms with Crippen molar-refractivity contribution in [1.29, 1.82) is 0 Å². The van der Waals surface area contributed by atoms with E-state index in [1.54, 1.807) is 6.20 Å². The lowest BCUT2D eigenvalue weighted by Gasteiger charge is -2.36. The van der Waals surface area contributed by atoms with Crippen molar-refractivity contribution in [2.45, 2.75) is 26.4 Å². The Morgan fingerprint density at radius 1 is 1.21 bits per heavy atom. The molecule has 1 aliphatic rings. The van der Waals surface area contributed by atoms with Gasteiger partial charge in [0.2, 0.25) is 5.91 Å². The Hall–Kier alpha value is -2.87. The fourth-order valence-electron chi connectivity index (χ4n) is 3.43. The molecule has 0 atom stereocenters. The molecule has 8 heteroatoms. The number of carbonyl (C=O) groups excluding carboxylic acids is 1. The molecule has 1 amide bonds. The molecule has 8 nitrogen and oxygen atoms in total. The number of benzene rings is 1. The number of guanidine groups is 1. The van der Waals surface area contributed by atoms with Gasteiger partial charge in [-0.05, 0) is 37.6 Å². The molecule has 1 aromatic carbocycles. The molecule has 2 heterocycles. The van der Waals surface area contributed by atoms with Gasteiger partial charge in [-0.15, -0.1) is 0 Å². The number of carbonyl (C=O) groups is 1. The number of hydrogen-bond donors (Lipinski definition) is 2. The summed E-state index contributed by atoms with van der Waals surface area (Å²) in [6, 6.07) is 10.4. The summed E-state index contributed by atoms with van der Waals surface area (Å²) in [7, 11) is 1.81. The van der Waals surface area contributed by atoms with Gasteiger partial charge in [0.1, 0.15) is 0 Å². The lowest BCUT2D eigenvalue weighted by Crippen LogP contribution is -2.54. The molecule has 0 unspecified atom stereocenters. The van der Waals surface area contributed by atoms with Gasteiger partial charge >= 0.3 is 0 Å². The van der Waals surface area contributed by atoms with Crippen LogP contribution in [0, 0.1) is 0 Å². The molecular weight excluding hydrogens is 366 g/mol. The second-order valence-electron chi connectivity index (χ2n) is 7.51. The van der Waals surface area contributed by atoms with Crippen LogP contribution in [0.3, 0.4) is 0 Å². The van der Waals surface area contributed by atoms with Gasteiger partial charge in [0.05, 0.1) is 12.2 Å². The minimum atomic E-state index is 0.0908. The van der Waals surface area contributed by atoms with E-state index in [1.807, 2.05) is 50.0 Å². The zero-order chi connectivity index (χ0) is 20.6. The van der Waals surface area contributed by atoms with Gasteiger partial charge in [-0.1, -0.05) is 12.1 Å². The van der Waals surface area contributed by atoms with Crippen LogP contribution in [0.5, 0.6) is 0 Å². The zero-order valence-electron chi connectivity index (χ0n) is 17.5. The number of piperazine rings is 1. The average Bonchev–Trinajstić information content (AvgIpc) is 3.24. The fourth-order valence-corrected chi connectivity index (χ4v) is 3.43. The van der Waals surface area contributed by atoms with E-state index in [0.717, 1.165) is 37.8 Å². The lowest BCUT2D eigenvalue weighted by molar-refractivity contribution is -0.123. The summed E-state index contributed by atoms with van der Waals surface area (Å²) in [5, 5.41) is 10.7. The van der Waals surface area contributed by atoms with Gasteiger partial charge in [-0.2, -0.15) is 5.10 Å². The fraction of sp³-hybridized carbons (Fsp3) is 0.476. The minimum Gasteiger partial charge on any atom is -0.353 e. The van der Waals surface area contributed by atoms with Gasteiger partial charge in [0.15, 0.2) is 5.96 Å². The Balaban J connectivity index is 1.49. The Bertz CT molecular complexity index is 808. The molecule has 0 radical (unpaired) electrons. The van der Waals surface area contributed by atoms with Crippen molar-refractivity contribution in [3.63, 3.8) is 0 Å². The molecule has 1 aromatic heterocycles. The third kappa shape index (κ3) is 6.05. The van der Waals surface area contributed by atoms with Crippen LogP contribution in [0.25, 0.3) is 5.69 Å². The normalized spacial score (nSPS) is 15.6. The van der Waals surface area contributed by atoms with E-state index in [0.29, 0.717) is 13.1 Å². The molecule has 2 aromatic rings. The first-order chi connectivity index (χ1) is 14.0. The quantitative estimate of drug-likeness (QED) is 0.564. The SMILES string of the molecule is CN=C(NCc1cccc(-n2cccn2)c1)N1CCN(CC(=O)NC(C)C)CC1. The van der Waals surface area contributed by atoms with Crippen LogP contribution >= 0.6 is 0 Å². The summed E-state index contributed by atoms with van der Waals surface area (Å²) >= 11 is 0. The van der Waals surface area contributed by atoms with Gasteiger partial charge < -0.3 is 15.5 Å². The molecule has 0 aliphatic carbocycles. The molecule has 0 spiro atoms. The van der Waals surface area contributed by atoms with Crippen LogP contribution < -0.4 is 10.6 Å². The Kier molecular flexibility index (Phi) is 7.24. The van der Waals surface area contributed by atoms with Crippen molar-refractivity contribution in [2.75, 3.05) is 39.8 Å². The highest BCUT2D eigenvalue weighted by molar-refractivity contribution is 5.80. The van der Waals surface area contributed by atoms with Crippen LogP contribution in [0.15, 0.2) is 47.7 Å². The largest absolute Gasteiger partial charge is 0.353 e. The average molecular weight is 398 g/mol. The molecule has 0 bridgehead atoms. The number of aliphatic imine (C=N–C) groups is 1. The molecular formula is C21H31N7O. The van der Waals surface area contributed by atoms with Gasteiger partial charge in [0.25, 0.3) is 0 Å². The summed E-state index contributed by atoms with van der Waals surface area (Å²) in [6.45, 7) is 8.51. The molecule has 2 N–H and O–H groups in total. The minimum absolute atomic E-state index is 0.0908. The number of nitrogens with zero attached hydrogens (tertiary/aromatic N) is 5. The first kappa shape index (κ1) is 20.9. The third-order valence-electron chi connectivity index (χ3n) is 4.83. The van der Waals surface area contributed by atoms with E-state index in [1.165, 1.54) is 5.56 Å². The second-order valence-corrected chi connectivity index (χ2v) is 7.51. The van der Waals surface area contributed by atoms with Crippen molar-refractivity contribution < 1.29 is 4.79 Å². The monoisotopic (exact) mass is 397 g/mol. The Morgan fingerprint density at radius 2 is 2.00 bits per heavy atom. The molecule has 0 saturated carbocycles. The molecule has 1 fully saturated rings. The number of amides is 1. The number of aromatic nitrogens is 2. The first-order valence-corrected chi connectivity index (χ1v) is 10.1. The van der Waals surface area contributed by atoms with Crippen LogP contribution in [-0.4, -0.2) is 77.3 Å². The summed E-state index contributed by atoms with van der Waals surface area (Å²) < 4.78 is 1.85. The van der Waals surface area contributed by atoms with Crippen LogP contribution in [0.4, 0.5) is 0 Å². The molecule has 156 valence electrons. The zero-order valence-corrected chi connectivity index (χ0v) is 17.5. The standard InChI is InChI=1S/C21H31N7O/c1-17(2)25-20(29)16-26-10-12-27(13-11-26)21(22-3)23-15-18-6-4-7-19(14-18)28-9-5-8-24-28/h4-9,14,17H,10-13,15-16H2,1-3H3,(H,22,23)(H,25,29). The summed E-state index contributed by atoms with van der Waals surface area (Å²) in [6.07, 6.45) is 3.71. The van der Waals surface area contributed by atoms with Gasteiger partial charge in [-0.25, -0.2) is 4.68 Å². The van der Waals surface area contributed by atoms with Crippen LogP contribution in [0.2, 0.25) is 0 Å². The number of hydrogen-bond acceptors (Lipinski definition) is 4. The summed E-state index contributed by atoms with van der Waals surface area (Å²) in [5.74, 6) is 0.980. The van der Waals surface area contributed by atoms with Crippen molar-refractivity contribution in [3.05, 3.63) is 48.3 Å². The van der Waals surface area contributed by atoms with E-state index in [9.17, 15) is 4.79 Å².